The van der Waals surface area contributed by atoms with Gasteiger partial charge in [-0.2, -0.15) is 0 Å². The topological polar surface area (TPSA) is 91.2 Å². The molecule has 0 aliphatic rings. The predicted octanol–water partition coefficient (Wildman–Crippen LogP) is 4.77. The van der Waals surface area contributed by atoms with E-state index in [9.17, 15) is 10.2 Å². The van der Waals surface area contributed by atoms with Crippen LogP contribution in [0.15, 0.2) is 30.5 Å². The van der Waals surface area contributed by atoms with Gasteiger partial charge in [0.05, 0.1) is 40.6 Å². The number of aliphatic hydroxyl groups is 2. The molecule has 0 spiro atoms. The number of halogens is 2. The van der Waals surface area contributed by atoms with Gasteiger partial charge < -0.3 is 14.9 Å². The molecule has 160 valence electrons. The quantitative estimate of drug-likeness (QED) is 0.236. The lowest BCUT2D eigenvalue weighted by molar-refractivity contribution is 0.129. The highest BCUT2D eigenvalue weighted by atomic mass is 35.5. The fraction of sp³-hybridized carbons (Fsp3) is 0.350. The maximum Gasteiger partial charge on any atom is 0.222 e. The summed E-state index contributed by atoms with van der Waals surface area (Å²) in [6.07, 6.45) is 2.48. The van der Waals surface area contributed by atoms with Crippen LogP contribution in [0.3, 0.4) is 0 Å². The molecule has 0 bridgehead atoms. The Bertz CT molecular complexity index is 1010. The third-order valence-electron chi connectivity index (χ3n) is 4.44. The number of rotatable bonds is 9. The molecular weight excluding hydrogens is 447 g/mol. The van der Waals surface area contributed by atoms with E-state index in [2.05, 4.69) is 26.6 Å². The molecule has 2 aromatic heterocycles. The highest BCUT2D eigenvalue weighted by molar-refractivity contribution is 8.00. The van der Waals surface area contributed by atoms with E-state index in [0.29, 0.717) is 32.5 Å². The van der Waals surface area contributed by atoms with Crippen LogP contribution in [-0.4, -0.2) is 44.1 Å². The van der Waals surface area contributed by atoms with E-state index in [0.717, 1.165) is 12.2 Å². The van der Waals surface area contributed by atoms with Gasteiger partial charge in [0.2, 0.25) is 5.28 Å². The number of aromatic nitrogens is 3. The summed E-state index contributed by atoms with van der Waals surface area (Å²) < 4.78 is 18.4. The minimum absolute atomic E-state index is 0.0623. The lowest BCUT2D eigenvalue weighted by Gasteiger charge is -2.21. The molecule has 3 rings (SSSR count). The molecule has 0 aliphatic heterocycles. The second kappa shape index (κ2) is 10.0. The van der Waals surface area contributed by atoms with Crippen molar-refractivity contribution in [2.75, 3.05) is 23.7 Å². The Morgan fingerprint density at radius 2 is 2.00 bits per heavy atom. The van der Waals surface area contributed by atoms with E-state index >= 15 is 4.39 Å². The Labute approximate surface area is 187 Å². The van der Waals surface area contributed by atoms with E-state index in [4.69, 9.17) is 11.6 Å². The summed E-state index contributed by atoms with van der Waals surface area (Å²) in [5.74, 6) is 0.412. The molecule has 3 N–H and O–H groups in total. The second-order valence-electron chi connectivity index (χ2n) is 6.90. The lowest BCUT2D eigenvalue weighted by Crippen LogP contribution is -2.30. The summed E-state index contributed by atoms with van der Waals surface area (Å²) in [6, 6.07) is 6.73. The van der Waals surface area contributed by atoms with Crippen LogP contribution < -0.4 is 4.72 Å². The summed E-state index contributed by atoms with van der Waals surface area (Å²) >= 11 is 8.63. The molecule has 2 heterocycles. The van der Waals surface area contributed by atoms with E-state index < -0.39 is 11.2 Å². The maximum absolute atomic E-state index is 15.4. The molecule has 30 heavy (non-hydrogen) atoms. The van der Waals surface area contributed by atoms with Crippen LogP contribution in [0, 0.1) is 5.82 Å². The zero-order chi connectivity index (χ0) is 21.7. The Morgan fingerprint density at radius 1 is 1.23 bits per heavy atom. The van der Waals surface area contributed by atoms with Gasteiger partial charge in [0.1, 0.15) is 5.01 Å². The minimum Gasteiger partial charge on any atom is -0.395 e. The van der Waals surface area contributed by atoms with Crippen LogP contribution in [0.5, 0.6) is 0 Å². The standard InChI is InChI=1S/C20H22ClFN4O2S2/c1-3-9-29-26-13-6-4-5-12(15(13)22)16-17(14-7-8-23-19(21)24-14)30-18(25-16)20(2,10-27)11-28/h4-8,26-28H,3,9-11H2,1-2H3. The number of benzene rings is 1. The Balaban J connectivity index is 2.16. The zero-order valence-electron chi connectivity index (χ0n) is 16.5. The number of hydrogen-bond donors (Lipinski definition) is 3. The SMILES string of the molecule is CCCSNc1cccc(-c2nc(C(C)(CO)CO)sc2-c2ccnc(Cl)n2)c1F. The second-order valence-corrected chi connectivity index (χ2v) is 9.14. The van der Waals surface area contributed by atoms with Gasteiger partial charge in [-0.05, 0) is 43.1 Å². The third-order valence-corrected chi connectivity index (χ3v) is 6.99. The zero-order valence-corrected chi connectivity index (χ0v) is 18.9. The van der Waals surface area contributed by atoms with Gasteiger partial charge in [-0.3, -0.25) is 0 Å². The number of hydrogen-bond acceptors (Lipinski definition) is 8. The summed E-state index contributed by atoms with van der Waals surface area (Å²) in [6.45, 7) is 3.13. The third kappa shape index (κ3) is 4.76. The van der Waals surface area contributed by atoms with Crippen LogP contribution >= 0.6 is 34.9 Å². The van der Waals surface area contributed by atoms with Crippen molar-refractivity contribution in [3.8, 4) is 21.8 Å². The van der Waals surface area contributed by atoms with E-state index in [1.54, 1.807) is 31.2 Å². The highest BCUT2D eigenvalue weighted by Crippen LogP contribution is 2.42. The smallest absolute Gasteiger partial charge is 0.222 e. The number of nitrogens with zero attached hydrogens (tertiary/aromatic N) is 3. The molecule has 6 nitrogen and oxygen atoms in total. The predicted molar refractivity (Wildman–Crippen MR) is 121 cm³/mol. The molecule has 0 amide bonds. The Kier molecular flexibility index (Phi) is 7.65. The average molecular weight is 469 g/mol. The van der Waals surface area contributed by atoms with Crippen molar-refractivity contribution in [2.24, 2.45) is 0 Å². The monoisotopic (exact) mass is 468 g/mol. The van der Waals surface area contributed by atoms with E-state index in [1.165, 1.54) is 29.5 Å². The first kappa shape index (κ1) is 22.9. The van der Waals surface area contributed by atoms with Gasteiger partial charge >= 0.3 is 0 Å². The van der Waals surface area contributed by atoms with Crippen molar-refractivity contribution in [3.63, 3.8) is 0 Å². The van der Waals surface area contributed by atoms with Crippen molar-refractivity contribution in [3.05, 3.63) is 46.6 Å². The fourth-order valence-corrected chi connectivity index (χ4v) is 4.55. The first-order valence-corrected chi connectivity index (χ1v) is 11.5. The average Bonchev–Trinajstić information content (AvgIpc) is 3.20. The van der Waals surface area contributed by atoms with Gasteiger partial charge in [-0.1, -0.05) is 24.9 Å². The van der Waals surface area contributed by atoms with Gasteiger partial charge in [-0.25, -0.2) is 19.3 Å². The van der Waals surface area contributed by atoms with E-state index in [1.807, 2.05) is 0 Å². The number of thiazole rings is 1. The number of nitrogens with one attached hydrogen (secondary N) is 1. The van der Waals surface area contributed by atoms with Gasteiger partial charge in [-0.15, -0.1) is 11.3 Å². The van der Waals surface area contributed by atoms with Crippen LogP contribution in [0.2, 0.25) is 5.28 Å². The molecule has 0 saturated carbocycles. The fourth-order valence-electron chi connectivity index (χ4n) is 2.61. The molecule has 0 atom stereocenters. The van der Waals surface area contributed by atoms with Gasteiger partial charge in [0.25, 0.3) is 0 Å². The van der Waals surface area contributed by atoms with Crippen LogP contribution in [0.25, 0.3) is 21.8 Å². The molecule has 3 aromatic rings. The Hall–Kier alpha value is -1.78. The maximum atomic E-state index is 15.4. The van der Waals surface area contributed by atoms with Crippen LogP contribution in [0.4, 0.5) is 10.1 Å². The highest BCUT2D eigenvalue weighted by Gasteiger charge is 2.32. The van der Waals surface area contributed by atoms with Gasteiger partial charge in [0.15, 0.2) is 5.82 Å². The Morgan fingerprint density at radius 3 is 2.67 bits per heavy atom. The van der Waals surface area contributed by atoms with Crippen molar-refractivity contribution in [2.45, 2.75) is 25.7 Å². The molecule has 0 fully saturated rings. The van der Waals surface area contributed by atoms with Crippen LogP contribution in [-0.2, 0) is 5.41 Å². The summed E-state index contributed by atoms with van der Waals surface area (Å²) in [5.41, 5.74) is 0.545. The number of anilines is 1. The molecule has 0 radical (unpaired) electrons. The van der Waals surface area contributed by atoms with Crippen molar-refractivity contribution in [1.82, 2.24) is 15.0 Å². The van der Waals surface area contributed by atoms with E-state index in [-0.39, 0.29) is 18.5 Å². The normalized spacial score (nSPS) is 11.7. The largest absolute Gasteiger partial charge is 0.395 e. The van der Waals surface area contributed by atoms with Crippen molar-refractivity contribution < 1.29 is 14.6 Å². The molecule has 0 saturated heterocycles. The molecule has 1 aromatic carbocycles. The molecule has 10 heteroatoms. The molecular formula is C20H22ClFN4O2S2. The minimum atomic E-state index is -0.974. The van der Waals surface area contributed by atoms with Crippen molar-refractivity contribution in [1.29, 1.82) is 0 Å². The first-order valence-electron chi connectivity index (χ1n) is 9.32. The summed E-state index contributed by atoms with van der Waals surface area (Å²) in [4.78, 5) is 13.3. The van der Waals surface area contributed by atoms with Gasteiger partial charge in [0, 0.05) is 17.5 Å². The summed E-state index contributed by atoms with van der Waals surface area (Å²) in [7, 11) is 0. The number of aliphatic hydroxyl groups excluding tert-OH is 2. The molecule has 0 unspecified atom stereocenters. The first-order chi connectivity index (χ1) is 14.4. The lowest BCUT2D eigenvalue weighted by atomic mass is 9.94. The molecule has 0 aliphatic carbocycles. The van der Waals surface area contributed by atoms with Crippen molar-refractivity contribution >= 4 is 40.6 Å². The van der Waals surface area contributed by atoms with Crippen LogP contribution in [0.1, 0.15) is 25.3 Å². The summed E-state index contributed by atoms with van der Waals surface area (Å²) in [5, 5.41) is 20.2.